The predicted molar refractivity (Wildman–Crippen MR) is 75.0 cm³/mol. The smallest absolute Gasteiger partial charge is 0.149 e. The van der Waals surface area contributed by atoms with Crippen LogP contribution in [-0.2, 0) is 5.54 Å². The van der Waals surface area contributed by atoms with Gasteiger partial charge in [0.25, 0.3) is 0 Å². The van der Waals surface area contributed by atoms with Crippen molar-refractivity contribution in [1.82, 2.24) is 9.97 Å². The number of rotatable bonds is 2. The Kier molecular flexibility index (Phi) is 2.72. The van der Waals surface area contributed by atoms with Crippen molar-refractivity contribution in [3.05, 3.63) is 46.3 Å². The number of nitrogens with zero attached hydrogens (tertiary/aromatic N) is 2. The first-order valence-corrected chi connectivity index (χ1v) is 6.77. The Morgan fingerprint density at radius 2 is 2.00 bits per heavy atom. The molecule has 18 heavy (non-hydrogen) atoms. The van der Waals surface area contributed by atoms with Gasteiger partial charge in [-0.15, -0.1) is 0 Å². The number of nitrogens with two attached hydrogens (primary N) is 1. The quantitative estimate of drug-likeness (QED) is 0.927. The zero-order chi connectivity index (χ0) is 12.8. The van der Waals surface area contributed by atoms with E-state index in [1.165, 1.54) is 0 Å². The van der Waals surface area contributed by atoms with Gasteiger partial charge in [0.15, 0.2) is 0 Å². The summed E-state index contributed by atoms with van der Waals surface area (Å²) in [6.07, 6.45) is 1.96. The highest BCUT2D eigenvalue weighted by atomic mass is 79.9. The molecule has 1 aliphatic rings. The molecule has 0 atom stereocenters. The fourth-order valence-electron chi connectivity index (χ4n) is 1.95. The van der Waals surface area contributed by atoms with Crippen LogP contribution in [0.15, 0.2) is 34.8 Å². The molecule has 1 saturated carbocycles. The third-order valence-electron chi connectivity index (χ3n) is 3.21. The van der Waals surface area contributed by atoms with Crippen LogP contribution in [0.2, 0.25) is 0 Å². The SMILES string of the molecule is Cc1cc(-c2cccc(Br)c2)nc(C2(N)CC2)n1. The van der Waals surface area contributed by atoms with Crippen LogP contribution >= 0.6 is 15.9 Å². The van der Waals surface area contributed by atoms with Gasteiger partial charge in [-0.25, -0.2) is 9.97 Å². The summed E-state index contributed by atoms with van der Waals surface area (Å²) in [6.45, 7) is 1.98. The van der Waals surface area contributed by atoms with E-state index in [-0.39, 0.29) is 5.54 Å². The molecule has 0 saturated heterocycles. The molecule has 0 unspecified atom stereocenters. The summed E-state index contributed by atoms with van der Waals surface area (Å²) in [5, 5.41) is 0. The molecule has 0 radical (unpaired) electrons. The second kappa shape index (κ2) is 4.14. The van der Waals surface area contributed by atoms with E-state index in [0.29, 0.717) is 0 Å². The van der Waals surface area contributed by atoms with Gasteiger partial charge in [0.05, 0.1) is 11.2 Å². The monoisotopic (exact) mass is 303 g/mol. The third-order valence-corrected chi connectivity index (χ3v) is 3.70. The molecule has 0 aliphatic heterocycles. The average Bonchev–Trinajstić information content (AvgIpc) is 3.08. The van der Waals surface area contributed by atoms with Gasteiger partial charge in [0.2, 0.25) is 0 Å². The van der Waals surface area contributed by atoms with E-state index in [2.05, 4.69) is 32.0 Å². The summed E-state index contributed by atoms with van der Waals surface area (Å²) in [7, 11) is 0. The van der Waals surface area contributed by atoms with E-state index in [1.54, 1.807) is 0 Å². The highest BCUT2D eigenvalue weighted by Crippen LogP contribution is 2.41. The maximum atomic E-state index is 6.18. The van der Waals surface area contributed by atoms with E-state index in [1.807, 2.05) is 31.2 Å². The Bertz CT molecular complexity index is 606. The summed E-state index contributed by atoms with van der Waals surface area (Å²) < 4.78 is 1.05. The number of hydrogen-bond acceptors (Lipinski definition) is 3. The van der Waals surface area contributed by atoms with Gasteiger partial charge in [-0.3, -0.25) is 0 Å². The molecule has 0 bridgehead atoms. The van der Waals surface area contributed by atoms with Crippen LogP contribution < -0.4 is 5.73 Å². The molecule has 92 valence electrons. The van der Waals surface area contributed by atoms with Gasteiger partial charge in [-0.05, 0) is 38.0 Å². The zero-order valence-corrected chi connectivity index (χ0v) is 11.7. The van der Waals surface area contributed by atoms with Crippen LogP contribution in [0.4, 0.5) is 0 Å². The first-order valence-electron chi connectivity index (χ1n) is 5.98. The van der Waals surface area contributed by atoms with Crippen molar-refractivity contribution in [2.45, 2.75) is 25.3 Å². The largest absolute Gasteiger partial charge is 0.319 e. The summed E-state index contributed by atoms with van der Waals surface area (Å²) >= 11 is 3.48. The van der Waals surface area contributed by atoms with Gasteiger partial charge < -0.3 is 5.73 Å². The minimum Gasteiger partial charge on any atom is -0.319 e. The number of aryl methyl sites for hydroxylation is 1. The second-order valence-corrected chi connectivity index (χ2v) is 5.80. The van der Waals surface area contributed by atoms with Gasteiger partial charge in [0.1, 0.15) is 5.82 Å². The minimum absolute atomic E-state index is 0.285. The number of hydrogen-bond donors (Lipinski definition) is 1. The molecule has 1 aromatic carbocycles. The molecule has 0 spiro atoms. The van der Waals surface area contributed by atoms with Gasteiger partial charge >= 0.3 is 0 Å². The lowest BCUT2D eigenvalue weighted by molar-refractivity contribution is 0.669. The standard InChI is InChI=1S/C14H14BrN3/c1-9-7-12(10-3-2-4-11(15)8-10)18-13(17-9)14(16)5-6-14/h2-4,7-8H,5-6,16H2,1H3. The van der Waals surface area contributed by atoms with Gasteiger partial charge in [-0.1, -0.05) is 28.1 Å². The van der Waals surface area contributed by atoms with Crippen molar-refractivity contribution >= 4 is 15.9 Å². The predicted octanol–water partition coefficient (Wildman–Crippen LogP) is 3.16. The van der Waals surface area contributed by atoms with Crippen molar-refractivity contribution in [1.29, 1.82) is 0 Å². The molecule has 1 aliphatic carbocycles. The maximum absolute atomic E-state index is 6.18. The summed E-state index contributed by atoms with van der Waals surface area (Å²) in [6, 6.07) is 10.1. The molecule has 1 heterocycles. The van der Waals surface area contributed by atoms with E-state index < -0.39 is 0 Å². The summed E-state index contributed by atoms with van der Waals surface area (Å²) in [4.78, 5) is 9.09. The van der Waals surface area contributed by atoms with E-state index in [9.17, 15) is 0 Å². The van der Waals surface area contributed by atoms with Crippen LogP contribution in [0.3, 0.4) is 0 Å². The van der Waals surface area contributed by atoms with Crippen LogP contribution in [0.5, 0.6) is 0 Å². The van der Waals surface area contributed by atoms with E-state index in [4.69, 9.17) is 5.73 Å². The Hall–Kier alpha value is -1.26. The van der Waals surface area contributed by atoms with Crippen LogP contribution in [0, 0.1) is 6.92 Å². The fraction of sp³-hybridized carbons (Fsp3) is 0.286. The Morgan fingerprint density at radius 3 is 2.67 bits per heavy atom. The lowest BCUT2D eigenvalue weighted by atomic mass is 10.1. The molecule has 3 rings (SSSR count). The highest BCUT2D eigenvalue weighted by molar-refractivity contribution is 9.10. The molecule has 0 amide bonds. The van der Waals surface area contributed by atoms with Crippen molar-refractivity contribution in [3.8, 4) is 11.3 Å². The zero-order valence-electron chi connectivity index (χ0n) is 10.2. The highest BCUT2D eigenvalue weighted by Gasteiger charge is 2.43. The van der Waals surface area contributed by atoms with Crippen LogP contribution in [0.25, 0.3) is 11.3 Å². The topological polar surface area (TPSA) is 51.8 Å². The van der Waals surface area contributed by atoms with Crippen LogP contribution in [-0.4, -0.2) is 9.97 Å². The number of aromatic nitrogens is 2. The molecule has 1 aromatic heterocycles. The normalized spacial score (nSPS) is 16.6. The fourth-order valence-corrected chi connectivity index (χ4v) is 2.34. The van der Waals surface area contributed by atoms with Gasteiger partial charge in [-0.2, -0.15) is 0 Å². The maximum Gasteiger partial charge on any atom is 0.149 e. The Balaban J connectivity index is 2.09. The molecule has 2 aromatic rings. The van der Waals surface area contributed by atoms with Crippen molar-refractivity contribution in [2.75, 3.05) is 0 Å². The first-order chi connectivity index (χ1) is 8.57. The van der Waals surface area contributed by atoms with E-state index in [0.717, 1.165) is 40.1 Å². The Labute approximate surface area is 115 Å². The molecule has 4 heteroatoms. The molecular formula is C14H14BrN3. The molecule has 1 fully saturated rings. The van der Waals surface area contributed by atoms with Gasteiger partial charge in [0, 0.05) is 15.7 Å². The van der Waals surface area contributed by atoms with E-state index >= 15 is 0 Å². The lowest BCUT2D eigenvalue weighted by Gasteiger charge is -2.10. The van der Waals surface area contributed by atoms with Crippen molar-refractivity contribution in [2.24, 2.45) is 5.73 Å². The number of halogens is 1. The molecule has 3 nitrogen and oxygen atoms in total. The van der Waals surface area contributed by atoms with Crippen molar-refractivity contribution < 1.29 is 0 Å². The average molecular weight is 304 g/mol. The summed E-state index contributed by atoms with van der Waals surface area (Å²) in [5.74, 6) is 0.775. The Morgan fingerprint density at radius 1 is 1.22 bits per heavy atom. The lowest BCUT2D eigenvalue weighted by Crippen LogP contribution is -2.22. The first kappa shape index (κ1) is 11.8. The number of benzene rings is 1. The second-order valence-electron chi connectivity index (χ2n) is 4.88. The van der Waals surface area contributed by atoms with Crippen molar-refractivity contribution in [3.63, 3.8) is 0 Å². The molecule has 2 N–H and O–H groups in total. The minimum atomic E-state index is -0.285. The summed E-state index contributed by atoms with van der Waals surface area (Å²) in [5.41, 5.74) is 8.88. The van der Waals surface area contributed by atoms with Crippen LogP contribution in [0.1, 0.15) is 24.4 Å². The third kappa shape index (κ3) is 2.18. The molecular weight excluding hydrogens is 290 g/mol.